The SMILES string of the molecule is CC1(C)OB(c2cc(C#N)cc(-c3ccc(-n4c5ccccc5c5ccccc54)cc3)c2)[OH+]C1(C)C. The molecule has 36 heavy (non-hydrogen) atoms. The Bertz CT molecular complexity index is 1590. The third-order valence-corrected chi connectivity index (χ3v) is 7.73. The first-order valence-corrected chi connectivity index (χ1v) is 12.3. The molecule has 4 aromatic carbocycles. The van der Waals surface area contributed by atoms with Crippen LogP contribution in [0, 0.1) is 11.3 Å². The van der Waals surface area contributed by atoms with Gasteiger partial charge in [-0.3, -0.25) is 0 Å². The molecule has 1 N–H and O–H groups in total. The number of fused-ring (bicyclic) bond motifs is 3. The standard InChI is InChI=1S/C31H27BN2O2/c1-30(2)31(3,4)36-32(35-30)24-18-21(20-33)17-23(19-24)22-13-15-25(16-14-22)34-28-11-7-5-9-26(28)27-10-6-8-12-29(27)34/h5-19H,1-4H3/p+1. The van der Waals surface area contributed by atoms with Crippen molar-refractivity contribution < 1.29 is 9.31 Å². The second-order valence-corrected chi connectivity index (χ2v) is 10.5. The van der Waals surface area contributed by atoms with Crippen LogP contribution < -0.4 is 5.46 Å². The number of nitrogens with zero attached hydrogens (tertiary/aromatic N) is 2. The molecule has 2 heterocycles. The summed E-state index contributed by atoms with van der Waals surface area (Å²) in [7, 11) is -0.390. The smallest absolute Gasteiger partial charge is 0.505 e. The van der Waals surface area contributed by atoms with Crippen LogP contribution in [0.15, 0.2) is 91.0 Å². The van der Waals surface area contributed by atoms with Crippen LogP contribution in [-0.2, 0) is 4.65 Å². The maximum atomic E-state index is 9.73. The lowest BCUT2D eigenvalue weighted by Gasteiger charge is -2.28. The van der Waals surface area contributed by atoms with Crippen LogP contribution in [0.3, 0.4) is 0 Å². The number of para-hydroxylation sites is 2. The Morgan fingerprint density at radius 2 is 1.39 bits per heavy atom. The number of rotatable bonds is 3. The summed E-state index contributed by atoms with van der Waals surface area (Å²) in [5.74, 6) is 0. The summed E-state index contributed by atoms with van der Waals surface area (Å²) in [6.07, 6.45) is 0. The molecule has 0 bridgehead atoms. The number of benzene rings is 4. The fourth-order valence-electron chi connectivity index (χ4n) is 5.07. The van der Waals surface area contributed by atoms with E-state index in [0.29, 0.717) is 5.56 Å². The zero-order valence-electron chi connectivity index (χ0n) is 21.0. The van der Waals surface area contributed by atoms with E-state index < -0.39 is 0 Å². The van der Waals surface area contributed by atoms with Crippen LogP contribution >= 0.6 is 0 Å². The fraction of sp³-hybridized carbons (Fsp3) is 0.194. The van der Waals surface area contributed by atoms with Gasteiger partial charge >= 0.3 is 7.12 Å². The maximum absolute atomic E-state index is 9.73. The minimum Gasteiger partial charge on any atom is -0.505 e. The Kier molecular flexibility index (Phi) is 5.08. The topological polar surface area (TPSA) is 50.8 Å². The lowest BCUT2D eigenvalue weighted by molar-refractivity contribution is -0.0705. The highest BCUT2D eigenvalue weighted by Gasteiger charge is 2.59. The van der Waals surface area contributed by atoms with Crippen LogP contribution in [-0.4, -0.2) is 27.5 Å². The number of hydrogen-bond acceptors (Lipinski definition) is 2. The quantitative estimate of drug-likeness (QED) is 0.235. The molecule has 0 aliphatic carbocycles. The monoisotopic (exact) mass is 471 g/mol. The first kappa shape index (κ1) is 22.6. The van der Waals surface area contributed by atoms with Crippen molar-refractivity contribution >= 4 is 34.4 Å². The predicted octanol–water partition coefficient (Wildman–Crippen LogP) is 6.13. The second kappa shape index (κ2) is 8.10. The van der Waals surface area contributed by atoms with E-state index >= 15 is 0 Å². The molecule has 0 atom stereocenters. The zero-order valence-corrected chi connectivity index (χ0v) is 21.0. The zero-order chi connectivity index (χ0) is 25.1. The second-order valence-electron chi connectivity index (χ2n) is 10.5. The van der Waals surface area contributed by atoms with Gasteiger partial charge in [0.2, 0.25) is 0 Å². The Hall–Kier alpha value is -3.85. The van der Waals surface area contributed by atoms with Crippen molar-refractivity contribution in [3.63, 3.8) is 0 Å². The highest BCUT2D eigenvalue weighted by Crippen LogP contribution is 2.35. The van der Waals surface area contributed by atoms with Crippen molar-refractivity contribution in [2.45, 2.75) is 38.9 Å². The van der Waals surface area contributed by atoms with E-state index in [2.05, 4.69) is 117 Å². The average Bonchev–Trinajstić information content (AvgIpc) is 3.33. The summed E-state index contributed by atoms with van der Waals surface area (Å²) in [5, 5.41) is 12.2. The van der Waals surface area contributed by atoms with Crippen molar-refractivity contribution in [1.29, 1.82) is 5.26 Å². The predicted molar refractivity (Wildman–Crippen MR) is 148 cm³/mol. The van der Waals surface area contributed by atoms with E-state index in [1.165, 1.54) is 21.8 Å². The maximum Gasteiger partial charge on any atom is 0.732 e. The molecular weight excluding hydrogens is 443 g/mol. The molecule has 1 aliphatic heterocycles. The molecule has 5 aromatic rings. The normalized spacial score (nSPS) is 16.5. The summed E-state index contributed by atoms with van der Waals surface area (Å²) < 4.78 is 13.5. The average molecular weight is 471 g/mol. The van der Waals surface area contributed by atoms with Crippen molar-refractivity contribution in [1.82, 2.24) is 4.57 Å². The van der Waals surface area contributed by atoms with E-state index in [1.54, 1.807) is 0 Å². The molecule has 0 saturated carbocycles. The Morgan fingerprint density at radius 3 is 1.94 bits per heavy atom. The van der Waals surface area contributed by atoms with Gasteiger partial charge in [-0.2, -0.15) is 5.26 Å². The number of hydrogen-bond donors (Lipinski definition) is 0. The minimum atomic E-state index is -0.390. The van der Waals surface area contributed by atoms with Gasteiger partial charge in [-0.25, -0.2) is 0 Å². The third kappa shape index (κ3) is 3.53. The molecule has 0 unspecified atom stereocenters. The van der Waals surface area contributed by atoms with Crippen molar-refractivity contribution in [2.75, 3.05) is 0 Å². The molecule has 1 aromatic heterocycles. The van der Waals surface area contributed by atoms with Gasteiger partial charge < -0.3 is 13.9 Å². The van der Waals surface area contributed by atoms with Crippen LogP contribution in [0.5, 0.6) is 0 Å². The van der Waals surface area contributed by atoms with E-state index in [0.717, 1.165) is 22.3 Å². The van der Waals surface area contributed by atoms with Gasteiger partial charge in [0.15, 0.2) is 5.60 Å². The molecule has 4 nitrogen and oxygen atoms in total. The lowest BCUT2D eigenvalue weighted by Crippen LogP contribution is -2.43. The van der Waals surface area contributed by atoms with Crippen LogP contribution in [0.1, 0.15) is 33.3 Å². The molecule has 176 valence electrons. The number of aliphatic hydroxyl groups is 1. The van der Waals surface area contributed by atoms with Gasteiger partial charge in [0.05, 0.1) is 28.1 Å². The number of aromatic nitrogens is 1. The third-order valence-electron chi connectivity index (χ3n) is 7.73. The summed E-state index contributed by atoms with van der Waals surface area (Å²) in [5.41, 5.74) is 6.33. The van der Waals surface area contributed by atoms with E-state index in [1.807, 2.05) is 12.1 Å². The Balaban J connectivity index is 1.41. The van der Waals surface area contributed by atoms with Gasteiger partial charge in [0, 0.05) is 30.3 Å². The first-order valence-electron chi connectivity index (χ1n) is 12.3. The highest BCUT2D eigenvalue weighted by molar-refractivity contribution is 6.61. The molecule has 0 amide bonds. The summed E-state index contributed by atoms with van der Waals surface area (Å²) in [6.45, 7) is 8.32. The molecule has 1 fully saturated rings. The Morgan fingerprint density at radius 1 is 0.778 bits per heavy atom. The van der Waals surface area contributed by atoms with Gasteiger partial charge in [-0.15, -0.1) is 0 Å². The molecule has 5 heteroatoms. The van der Waals surface area contributed by atoms with Crippen LogP contribution in [0.4, 0.5) is 0 Å². The fourth-order valence-corrected chi connectivity index (χ4v) is 5.07. The van der Waals surface area contributed by atoms with Crippen molar-refractivity contribution in [2.24, 2.45) is 0 Å². The first-order chi connectivity index (χ1) is 17.3. The largest absolute Gasteiger partial charge is 0.732 e. The lowest BCUT2D eigenvalue weighted by atomic mass is 9.77. The molecular formula is C31H28BN2O2+. The summed E-state index contributed by atoms with van der Waals surface area (Å²) >= 11 is 0. The molecule has 1 aliphatic rings. The number of nitriles is 1. The van der Waals surface area contributed by atoms with E-state index in [-0.39, 0.29) is 18.3 Å². The molecule has 0 spiro atoms. The van der Waals surface area contributed by atoms with Crippen molar-refractivity contribution in [3.05, 3.63) is 96.6 Å². The summed E-state index contributed by atoms with van der Waals surface area (Å²) in [6, 6.07) is 33.8. The molecule has 6 rings (SSSR count). The Labute approximate surface area is 211 Å². The van der Waals surface area contributed by atoms with Crippen LogP contribution in [0.25, 0.3) is 38.6 Å². The summed E-state index contributed by atoms with van der Waals surface area (Å²) in [4.78, 5) is 0. The van der Waals surface area contributed by atoms with Crippen molar-refractivity contribution in [3.8, 4) is 22.9 Å². The molecule has 0 radical (unpaired) electrons. The van der Waals surface area contributed by atoms with Crippen LogP contribution in [0.2, 0.25) is 0 Å². The molecule has 1 saturated heterocycles. The highest BCUT2D eigenvalue weighted by atomic mass is 16.7. The van der Waals surface area contributed by atoms with Gasteiger partial charge in [0.1, 0.15) is 5.60 Å². The van der Waals surface area contributed by atoms with E-state index in [9.17, 15) is 5.26 Å². The van der Waals surface area contributed by atoms with Gasteiger partial charge in [0.25, 0.3) is 0 Å². The minimum absolute atomic E-state index is 0.315. The van der Waals surface area contributed by atoms with Gasteiger partial charge in [-0.05, 0) is 67.4 Å². The van der Waals surface area contributed by atoms with Gasteiger partial charge in [-0.1, -0.05) is 48.5 Å². The van der Waals surface area contributed by atoms with E-state index in [4.69, 9.17) is 9.31 Å².